The maximum Gasteiger partial charge on any atom is 0.318 e. The van der Waals surface area contributed by atoms with E-state index in [-0.39, 0.29) is 0 Å². The molecule has 2 rings (SSSR count). The van der Waals surface area contributed by atoms with Gasteiger partial charge in [-0.05, 0) is 21.0 Å². The Balaban J connectivity index is 2.05. The normalized spacial score (nSPS) is 22.7. The molecule has 6 nitrogen and oxygen atoms in total. The predicted molar refractivity (Wildman–Crippen MR) is 61.4 cm³/mol. The van der Waals surface area contributed by atoms with E-state index >= 15 is 0 Å². The first kappa shape index (κ1) is 11.3. The highest BCUT2D eigenvalue weighted by Gasteiger charge is 2.25. The molecule has 1 aliphatic heterocycles. The van der Waals surface area contributed by atoms with Crippen molar-refractivity contribution in [1.82, 2.24) is 20.4 Å². The van der Waals surface area contributed by atoms with Crippen LogP contribution in [0.5, 0.6) is 0 Å². The summed E-state index contributed by atoms with van der Waals surface area (Å²) in [4.78, 5) is 4.48. The lowest BCUT2D eigenvalue weighted by Gasteiger charge is -2.36. The molecule has 0 bridgehead atoms. The third-order valence-corrected chi connectivity index (χ3v) is 2.86. The summed E-state index contributed by atoms with van der Waals surface area (Å²) in [6, 6.07) is 1.06. The van der Waals surface area contributed by atoms with Crippen molar-refractivity contribution in [2.45, 2.75) is 19.5 Å². The van der Waals surface area contributed by atoms with Gasteiger partial charge in [0.05, 0.1) is 6.54 Å². The Bertz CT molecular complexity index is 340. The van der Waals surface area contributed by atoms with Crippen LogP contribution in [0, 0.1) is 0 Å². The lowest BCUT2D eigenvalue weighted by molar-refractivity contribution is 0.266. The van der Waals surface area contributed by atoms with Crippen molar-refractivity contribution in [2.24, 2.45) is 0 Å². The number of aromatic nitrogens is 2. The van der Waals surface area contributed by atoms with Crippen molar-refractivity contribution in [3.8, 4) is 0 Å². The summed E-state index contributed by atoms with van der Waals surface area (Å²) in [5.74, 6) is 0.642. The number of anilines is 1. The maximum atomic E-state index is 5.59. The second-order valence-electron chi connectivity index (χ2n) is 4.31. The smallest absolute Gasteiger partial charge is 0.318 e. The molecule has 0 amide bonds. The van der Waals surface area contributed by atoms with Crippen molar-refractivity contribution >= 4 is 6.01 Å². The van der Waals surface area contributed by atoms with Gasteiger partial charge < -0.3 is 19.5 Å². The molecule has 16 heavy (non-hydrogen) atoms. The molecule has 1 saturated heterocycles. The zero-order valence-corrected chi connectivity index (χ0v) is 10.1. The molecular weight excluding hydrogens is 206 g/mol. The van der Waals surface area contributed by atoms with Crippen molar-refractivity contribution in [3.05, 3.63) is 5.89 Å². The van der Waals surface area contributed by atoms with E-state index in [0.717, 1.165) is 19.6 Å². The van der Waals surface area contributed by atoms with E-state index < -0.39 is 0 Å². The molecule has 90 valence electrons. The number of piperazine rings is 1. The standard InChI is InChI=1S/C10H19N5O/c1-8-7-14(3)4-5-15(8)10-13-12-9(16-10)6-11-2/h8,11H,4-7H2,1-3H3. The first-order valence-electron chi connectivity index (χ1n) is 5.63. The molecule has 1 fully saturated rings. The van der Waals surface area contributed by atoms with Crippen molar-refractivity contribution in [1.29, 1.82) is 0 Å². The number of nitrogens with zero attached hydrogens (tertiary/aromatic N) is 4. The van der Waals surface area contributed by atoms with Crippen LogP contribution < -0.4 is 10.2 Å². The molecule has 0 saturated carbocycles. The van der Waals surface area contributed by atoms with Crippen LogP contribution >= 0.6 is 0 Å². The lowest BCUT2D eigenvalue weighted by atomic mass is 10.2. The zero-order valence-electron chi connectivity index (χ0n) is 10.1. The minimum atomic E-state index is 0.418. The largest absolute Gasteiger partial charge is 0.407 e. The average Bonchev–Trinajstić information content (AvgIpc) is 2.67. The minimum Gasteiger partial charge on any atom is -0.407 e. The lowest BCUT2D eigenvalue weighted by Crippen LogP contribution is -2.50. The number of hydrogen-bond acceptors (Lipinski definition) is 6. The van der Waals surface area contributed by atoms with Gasteiger partial charge in [0, 0.05) is 25.7 Å². The van der Waals surface area contributed by atoms with E-state index in [1.165, 1.54) is 0 Å². The Hall–Kier alpha value is -1.14. The minimum absolute atomic E-state index is 0.418. The Labute approximate surface area is 95.6 Å². The maximum absolute atomic E-state index is 5.59. The van der Waals surface area contributed by atoms with Crippen LogP contribution in [-0.2, 0) is 6.54 Å². The number of rotatable bonds is 3. The SMILES string of the molecule is CNCc1nnc(N2CCN(C)CC2C)o1. The fourth-order valence-electron chi connectivity index (χ4n) is 2.01. The summed E-state index contributed by atoms with van der Waals surface area (Å²) in [6.07, 6.45) is 0. The Kier molecular flexibility index (Phi) is 3.40. The first-order valence-corrected chi connectivity index (χ1v) is 5.63. The van der Waals surface area contributed by atoms with E-state index in [1.54, 1.807) is 0 Å². The summed E-state index contributed by atoms with van der Waals surface area (Å²) in [5.41, 5.74) is 0. The van der Waals surface area contributed by atoms with Crippen LogP contribution in [0.3, 0.4) is 0 Å². The molecule has 0 aliphatic carbocycles. The quantitative estimate of drug-likeness (QED) is 0.777. The summed E-state index contributed by atoms with van der Waals surface area (Å²) >= 11 is 0. The summed E-state index contributed by atoms with van der Waals surface area (Å²) in [7, 11) is 4.00. The topological polar surface area (TPSA) is 57.4 Å². The van der Waals surface area contributed by atoms with Gasteiger partial charge in [-0.15, -0.1) is 5.10 Å². The summed E-state index contributed by atoms with van der Waals surface area (Å²) in [5, 5.41) is 11.1. The van der Waals surface area contributed by atoms with Gasteiger partial charge in [0.2, 0.25) is 5.89 Å². The molecule has 1 aliphatic rings. The van der Waals surface area contributed by atoms with E-state index in [9.17, 15) is 0 Å². The first-order chi connectivity index (χ1) is 7.70. The fourth-order valence-corrected chi connectivity index (χ4v) is 2.01. The van der Waals surface area contributed by atoms with Crippen LogP contribution in [0.4, 0.5) is 6.01 Å². The Morgan fingerprint density at radius 3 is 2.94 bits per heavy atom. The summed E-state index contributed by atoms with van der Waals surface area (Å²) in [6.45, 7) is 5.81. The molecule has 0 spiro atoms. The second kappa shape index (κ2) is 4.80. The van der Waals surface area contributed by atoms with Gasteiger partial charge in [-0.25, -0.2) is 0 Å². The Morgan fingerprint density at radius 2 is 2.25 bits per heavy atom. The monoisotopic (exact) mass is 225 g/mol. The summed E-state index contributed by atoms with van der Waals surface area (Å²) < 4.78 is 5.59. The van der Waals surface area contributed by atoms with Gasteiger partial charge in [0.1, 0.15) is 0 Å². The zero-order chi connectivity index (χ0) is 11.5. The van der Waals surface area contributed by atoms with Crippen molar-refractivity contribution in [2.75, 3.05) is 38.6 Å². The molecule has 0 aromatic carbocycles. The molecule has 1 unspecified atom stereocenters. The van der Waals surface area contributed by atoms with Gasteiger partial charge in [0.15, 0.2) is 0 Å². The number of nitrogens with one attached hydrogen (secondary N) is 1. The fraction of sp³-hybridized carbons (Fsp3) is 0.800. The van der Waals surface area contributed by atoms with Crippen molar-refractivity contribution < 1.29 is 4.42 Å². The van der Waals surface area contributed by atoms with Gasteiger partial charge in [0.25, 0.3) is 0 Å². The van der Waals surface area contributed by atoms with Crippen LogP contribution in [0.1, 0.15) is 12.8 Å². The van der Waals surface area contributed by atoms with E-state index in [0.29, 0.717) is 24.5 Å². The number of hydrogen-bond donors (Lipinski definition) is 1. The molecule has 6 heteroatoms. The molecule has 1 atom stereocenters. The highest BCUT2D eigenvalue weighted by atomic mass is 16.4. The van der Waals surface area contributed by atoms with Gasteiger partial charge in [-0.1, -0.05) is 5.10 Å². The average molecular weight is 225 g/mol. The molecule has 1 N–H and O–H groups in total. The van der Waals surface area contributed by atoms with E-state index in [2.05, 4.69) is 39.3 Å². The third kappa shape index (κ3) is 2.33. The highest BCUT2D eigenvalue weighted by Crippen LogP contribution is 2.18. The van der Waals surface area contributed by atoms with Crippen LogP contribution in [-0.4, -0.2) is 54.9 Å². The predicted octanol–water partition coefficient (Wildman–Crippen LogP) is -0.0707. The van der Waals surface area contributed by atoms with E-state index in [4.69, 9.17) is 4.42 Å². The van der Waals surface area contributed by atoms with Crippen LogP contribution in [0.2, 0.25) is 0 Å². The van der Waals surface area contributed by atoms with E-state index in [1.807, 2.05) is 7.05 Å². The molecule has 1 aromatic rings. The van der Waals surface area contributed by atoms with Gasteiger partial charge >= 0.3 is 6.01 Å². The highest BCUT2D eigenvalue weighted by molar-refractivity contribution is 5.27. The van der Waals surface area contributed by atoms with Crippen LogP contribution in [0.15, 0.2) is 4.42 Å². The molecular formula is C10H19N5O. The number of likely N-dealkylation sites (N-methyl/N-ethyl adjacent to an activating group) is 1. The molecule has 1 aromatic heterocycles. The van der Waals surface area contributed by atoms with Crippen LogP contribution in [0.25, 0.3) is 0 Å². The van der Waals surface area contributed by atoms with Gasteiger partial charge in [-0.2, -0.15) is 0 Å². The molecule has 0 radical (unpaired) electrons. The third-order valence-electron chi connectivity index (χ3n) is 2.86. The second-order valence-corrected chi connectivity index (χ2v) is 4.31. The molecule has 2 heterocycles. The van der Waals surface area contributed by atoms with Crippen molar-refractivity contribution in [3.63, 3.8) is 0 Å². The van der Waals surface area contributed by atoms with Gasteiger partial charge in [-0.3, -0.25) is 0 Å². The Morgan fingerprint density at radius 1 is 1.44 bits per heavy atom.